The molecule has 2 heterocycles. The first kappa shape index (κ1) is 25.9. The molecule has 0 aliphatic heterocycles. The fourth-order valence-corrected chi connectivity index (χ4v) is 6.03. The van der Waals surface area contributed by atoms with Crippen LogP contribution in [0.3, 0.4) is 0 Å². The molecule has 0 saturated heterocycles. The van der Waals surface area contributed by atoms with Gasteiger partial charge in [0.25, 0.3) is 0 Å². The maximum absolute atomic E-state index is 13.1. The van der Waals surface area contributed by atoms with Gasteiger partial charge in [-0.1, -0.05) is 60.9 Å². The van der Waals surface area contributed by atoms with Crippen molar-refractivity contribution in [1.29, 1.82) is 0 Å². The average molecular weight is 539 g/mol. The van der Waals surface area contributed by atoms with Crippen molar-refractivity contribution in [2.24, 2.45) is 0 Å². The lowest BCUT2D eigenvalue weighted by Crippen LogP contribution is -2.08. The fraction of sp³-hybridized carbons (Fsp3) is 0.269. The summed E-state index contributed by atoms with van der Waals surface area (Å²) in [6, 6.07) is 13.5. The molecule has 0 atom stereocenters. The van der Waals surface area contributed by atoms with Crippen LogP contribution in [0.1, 0.15) is 47.8 Å². The molecule has 4 aromatic rings. The third kappa shape index (κ3) is 5.33. The summed E-state index contributed by atoms with van der Waals surface area (Å²) in [6.07, 6.45) is -4.57. The summed E-state index contributed by atoms with van der Waals surface area (Å²) in [5, 5.41) is 12.2. The van der Waals surface area contributed by atoms with Gasteiger partial charge in [0.1, 0.15) is 5.69 Å². The van der Waals surface area contributed by atoms with Crippen molar-refractivity contribution >= 4 is 45.9 Å². The normalized spacial score (nSPS) is 12.2. The molecule has 0 aliphatic rings. The largest absolute Gasteiger partial charge is 0.433 e. The number of fused-ring (bicyclic) bond motifs is 1. The van der Waals surface area contributed by atoms with Crippen molar-refractivity contribution in [3.63, 3.8) is 0 Å². The van der Waals surface area contributed by atoms with Crippen LogP contribution in [0.5, 0.6) is 0 Å². The molecule has 0 fully saturated rings. The highest BCUT2D eigenvalue weighted by Gasteiger charge is 2.33. The summed E-state index contributed by atoms with van der Waals surface area (Å²) in [4.78, 5) is 4.71. The highest BCUT2D eigenvalue weighted by Crippen LogP contribution is 2.41. The summed E-state index contributed by atoms with van der Waals surface area (Å²) in [5.41, 5.74) is 2.89. The molecule has 0 radical (unpaired) electrons. The molecule has 0 spiro atoms. The lowest BCUT2D eigenvalue weighted by atomic mass is 10.0. The van der Waals surface area contributed by atoms with Gasteiger partial charge in [-0.25, -0.2) is 4.98 Å². The first-order valence-corrected chi connectivity index (χ1v) is 12.5. The van der Waals surface area contributed by atoms with Crippen molar-refractivity contribution in [3.05, 3.63) is 86.7 Å². The number of aliphatic hydroxyl groups is 1. The molecule has 2 aromatic carbocycles. The van der Waals surface area contributed by atoms with Gasteiger partial charge in [0.05, 0.1) is 22.2 Å². The molecular formula is C26H23Cl2F3N2OS. The molecule has 4 rings (SSSR count). The second-order valence-electron chi connectivity index (χ2n) is 8.58. The van der Waals surface area contributed by atoms with E-state index in [-0.39, 0.29) is 23.1 Å². The number of aliphatic hydroxyl groups excluding tert-OH is 1. The lowest BCUT2D eigenvalue weighted by Gasteiger charge is -2.15. The predicted molar refractivity (Wildman–Crippen MR) is 136 cm³/mol. The molecule has 2 aromatic heterocycles. The number of aromatic nitrogens is 2. The SMILES string of the molecule is Cc1c(CO)c(C(C)C)c(Sc2cccc(Cl)c2)n1Cc1ccc2nc(C(F)(F)F)cc(Cl)c2c1. The van der Waals surface area contributed by atoms with Gasteiger partial charge in [-0.3, -0.25) is 0 Å². The summed E-state index contributed by atoms with van der Waals surface area (Å²) >= 11 is 14.0. The Morgan fingerprint density at radius 1 is 1.09 bits per heavy atom. The van der Waals surface area contributed by atoms with Crippen molar-refractivity contribution in [1.82, 2.24) is 9.55 Å². The molecule has 3 nitrogen and oxygen atoms in total. The Morgan fingerprint density at radius 3 is 2.46 bits per heavy atom. The Kier molecular flexibility index (Phi) is 7.44. The van der Waals surface area contributed by atoms with E-state index in [1.807, 2.05) is 31.2 Å². The fourth-order valence-electron chi connectivity index (χ4n) is 4.18. The van der Waals surface area contributed by atoms with Crippen LogP contribution in [0.15, 0.2) is 58.5 Å². The highest BCUT2D eigenvalue weighted by molar-refractivity contribution is 7.99. The van der Waals surface area contributed by atoms with E-state index in [1.54, 1.807) is 30.0 Å². The Hall–Kier alpha value is -2.19. The minimum Gasteiger partial charge on any atom is -0.392 e. The number of benzene rings is 2. The van der Waals surface area contributed by atoms with E-state index in [4.69, 9.17) is 23.2 Å². The van der Waals surface area contributed by atoms with E-state index in [0.717, 1.165) is 38.4 Å². The molecule has 35 heavy (non-hydrogen) atoms. The third-order valence-electron chi connectivity index (χ3n) is 5.84. The Morgan fingerprint density at radius 2 is 1.83 bits per heavy atom. The molecule has 0 amide bonds. The number of pyridine rings is 1. The van der Waals surface area contributed by atoms with E-state index < -0.39 is 11.9 Å². The number of alkyl halides is 3. The van der Waals surface area contributed by atoms with E-state index in [1.165, 1.54) is 0 Å². The first-order valence-electron chi connectivity index (χ1n) is 10.9. The Bertz CT molecular complexity index is 1400. The second kappa shape index (κ2) is 10.1. The van der Waals surface area contributed by atoms with E-state index >= 15 is 0 Å². The van der Waals surface area contributed by atoms with Gasteiger partial charge >= 0.3 is 6.18 Å². The highest BCUT2D eigenvalue weighted by atomic mass is 35.5. The minimum absolute atomic E-state index is 0.000783. The van der Waals surface area contributed by atoms with E-state index in [9.17, 15) is 18.3 Å². The Labute approximate surface area is 215 Å². The molecule has 0 bridgehead atoms. The van der Waals surface area contributed by atoms with Gasteiger partial charge in [0.2, 0.25) is 0 Å². The second-order valence-corrected chi connectivity index (χ2v) is 10.5. The van der Waals surface area contributed by atoms with Crippen molar-refractivity contribution in [2.75, 3.05) is 0 Å². The summed E-state index contributed by atoms with van der Waals surface area (Å²) in [6.45, 7) is 6.48. The van der Waals surface area contributed by atoms with Crippen LogP contribution < -0.4 is 0 Å². The average Bonchev–Trinajstić information content (AvgIpc) is 3.04. The van der Waals surface area contributed by atoms with Gasteiger partial charge in [-0.15, -0.1) is 0 Å². The summed E-state index contributed by atoms with van der Waals surface area (Å²) < 4.78 is 41.5. The van der Waals surface area contributed by atoms with Gasteiger partial charge in [-0.2, -0.15) is 13.2 Å². The maximum Gasteiger partial charge on any atom is 0.433 e. The molecule has 0 aliphatic carbocycles. The molecule has 0 unspecified atom stereocenters. The zero-order valence-electron chi connectivity index (χ0n) is 19.3. The first-order chi connectivity index (χ1) is 16.5. The molecular weight excluding hydrogens is 516 g/mol. The van der Waals surface area contributed by atoms with Crippen LogP contribution in [0.4, 0.5) is 13.2 Å². The smallest absolute Gasteiger partial charge is 0.392 e. The van der Waals surface area contributed by atoms with Crippen molar-refractivity contribution in [3.8, 4) is 0 Å². The molecule has 0 saturated carbocycles. The van der Waals surface area contributed by atoms with Crippen molar-refractivity contribution < 1.29 is 18.3 Å². The topological polar surface area (TPSA) is 38.0 Å². The predicted octanol–water partition coefficient (Wildman–Crippen LogP) is 8.49. The molecule has 9 heteroatoms. The van der Waals surface area contributed by atoms with Crippen LogP contribution >= 0.6 is 35.0 Å². The number of halogens is 5. The zero-order chi connectivity index (χ0) is 25.5. The molecule has 184 valence electrons. The van der Waals surface area contributed by atoms with Crippen LogP contribution in [-0.2, 0) is 19.3 Å². The standard InChI is InChI=1S/C26H23Cl2F3N2OS/c1-14(2)24-20(13-34)15(3)33(25(24)35-18-6-4-5-17(27)10-18)12-16-7-8-22-19(9-16)21(28)11-23(32-22)26(29,30)31/h4-11,14,34H,12-13H2,1-3H3. The number of rotatable bonds is 6. The molecule has 1 N–H and O–H groups in total. The lowest BCUT2D eigenvalue weighted by molar-refractivity contribution is -0.140. The van der Waals surface area contributed by atoms with Gasteiger partial charge in [0.15, 0.2) is 0 Å². The van der Waals surface area contributed by atoms with E-state index in [0.29, 0.717) is 17.0 Å². The minimum atomic E-state index is -4.57. The third-order valence-corrected chi connectivity index (χ3v) is 7.51. The monoisotopic (exact) mass is 538 g/mol. The quantitative estimate of drug-likeness (QED) is 0.267. The number of hydrogen-bond acceptors (Lipinski definition) is 3. The van der Waals surface area contributed by atoms with Gasteiger partial charge in [-0.05, 0) is 60.4 Å². The Balaban J connectivity index is 1.81. The summed E-state index contributed by atoms with van der Waals surface area (Å²) in [7, 11) is 0. The van der Waals surface area contributed by atoms with Crippen LogP contribution in [0.2, 0.25) is 10.0 Å². The van der Waals surface area contributed by atoms with E-state index in [2.05, 4.69) is 23.4 Å². The summed E-state index contributed by atoms with van der Waals surface area (Å²) in [5.74, 6) is 0.162. The maximum atomic E-state index is 13.1. The van der Waals surface area contributed by atoms with Gasteiger partial charge in [0, 0.05) is 33.1 Å². The van der Waals surface area contributed by atoms with Crippen LogP contribution in [-0.4, -0.2) is 14.7 Å². The van der Waals surface area contributed by atoms with Crippen LogP contribution in [0, 0.1) is 6.92 Å². The number of hydrogen-bond donors (Lipinski definition) is 1. The number of nitrogens with zero attached hydrogens (tertiary/aromatic N) is 2. The zero-order valence-corrected chi connectivity index (χ0v) is 21.6. The van der Waals surface area contributed by atoms with Crippen molar-refractivity contribution in [2.45, 2.75) is 55.9 Å². The van der Waals surface area contributed by atoms with Gasteiger partial charge < -0.3 is 9.67 Å². The van der Waals surface area contributed by atoms with Crippen LogP contribution in [0.25, 0.3) is 10.9 Å².